The van der Waals surface area contributed by atoms with E-state index in [9.17, 15) is 25.1 Å². The van der Waals surface area contributed by atoms with E-state index in [1.807, 2.05) is 79.1 Å². The first-order valence-corrected chi connectivity index (χ1v) is 24.2. The molecule has 356 valence electrons. The summed E-state index contributed by atoms with van der Waals surface area (Å²) in [5.74, 6) is -0.369. The molecule has 4 aromatic carbocycles. The molecule has 1 aliphatic heterocycles. The minimum absolute atomic E-state index is 0.00418. The number of oxime groups is 1. The van der Waals surface area contributed by atoms with Crippen LogP contribution in [0.1, 0.15) is 67.6 Å². The Kier molecular flexibility index (Phi) is 17.5. The van der Waals surface area contributed by atoms with Crippen LogP contribution in [-0.2, 0) is 32.3 Å². The number of non-ortho nitro benzene ring substituents is 1. The molecule has 7 rings (SSSR count). The summed E-state index contributed by atoms with van der Waals surface area (Å²) in [4.78, 5) is 33.9. The number of carbonyl (C=O) groups is 1. The molecule has 14 nitrogen and oxygen atoms in total. The zero-order valence-electron chi connectivity index (χ0n) is 38.2. The van der Waals surface area contributed by atoms with Crippen molar-refractivity contribution >= 4 is 29.3 Å². The summed E-state index contributed by atoms with van der Waals surface area (Å²) < 4.78 is 32.5. The third-order valence-corrected chi connectivity index (χ3v) is 13.6. The van der Waals surface area contributed by atoms with Crippen LogP contribution in [0.4, 0.5) is 10.5 Å². The smallest absolute Gasteiger partial charge is 0.410 e. The van der Waals surface area contributed by atoms with Crippen LogP contribution < -0.4 is 9.47 Å². The molecule has 6 unspecified atom stereocenters. The largest absolute Gasteiger partial charge is 0.459 e. The van der Waals surface area contributed by atoms with Crippen LogP contribution in [0.5, 0.6) is 17.2 Å². The van der Waals surface area contributed by atoms with Gasteiger partial charge in [0, 0.05) is 55.2 Å². The van der Waals surface area contributed by atoms with E-state index in [1.165, 1.54) is 17.0 Å². The van der Waals surface area contributed by atoms with E-state index in [2.05, 4.69) is 12.7 Å². The van der Waals surface area contributed by atoms with Crippen molar-refractivity contribution < 1.29 is 48.5 Å². The number of carbonyl (C=O) groups excluding carboxylic acids is 1. The zero-order chi connectivity index (χ0) is 47.2. The Morgan fingerprint density at radius 3 is 2.36 bits per heavy atom. The average Bonchev–Trinajstić information content (AvgIpc) is 3.35. The fraction of sp³-hybridized carbons (Fsp3) is 0.423. The number of hydrogen-bond donors (Lipinski definition) is 2. The highest BCUT2D eigenvalue weighted by atomic mass is 32.2. The molecule has 1 heterocycles. The van der Waals surface area contributed by atoms with Gasteiger partial charge in [-0.3, -0.25) is 10.1 Å². The lowest BCUT2D eigenvalue weighted by atomic mass is 9.55. The van der Waals surface area contributed by atoms with Crippen LogP contribution in [0.15, 0.2) is 131 Å². The van der Waals surface area contributed by atoms with Gasteiger partial charge in [-0.25, -0.2) is 4.79 Å². The van der Waals surface area contributed by atoms with Gasteiger partial charge in [0.1, 0.15) is 36.5 Å². The fourth-order valence-electron chi connectivity index (χ4n) is 9.65. The monoisotopic (exact) mass is 935 g/mol. The summed E-state index contributed by atoms with van der Waals surface area (Å²) in [7, 11) is 1.67. The van der Waals surface area contributed by atoms with Crippen molar-refractivity contribution in [1.29, 1.82) is 0 Å². The van der Waals surface area contributed by atoms with Gasteiger partial charge in [0.2, 0.25) is 5.79 Å². The molecule has 15 heteroatoms. The Hall–Kier alpha value is -5.71. The molecule has 0 radical (unpaired) electrons. The third kappa shape index (κ3) is 11.9. The van der Waals surface area contributed by atoms with Crippen molar-refractivity contribution in [3.8, 4) is 17.2 Å². The lowest BCUT2D eigenvalue weighted by Crippen LogP contribution is -2.69. The Morgan fingerprint density at radius 2 is 1.66 bits per heavy atom. The van der Waals surface area contributed by atoms with Gasteiger partial charge >= 0.3 is 6.09 Å². The molecule has 0 bridgehead atoms. The normalized spacial score (nSPS) is 22.1. The third-order valence-electron chi connectivity index (χ3n) is 12.8. The number of likely N-dealkylation sites (N-methyl/N-ethyl adjacent to an activating group) is 1. The minimum Gasteiger partial charge on any atom is -0.459 e. The molecule has 4 aromatic rings. The van der Waals surface area contributed by atoms with Crippen LogP contribution in [0.25, 0.3) is 0 Å². The maximum atomic E-state index is 14.3. The molecule has 1 saturated carbocycles. The first-order valence-electron chi connectivity index (χ1n) is 23.0. The second-order valence-corrected chi connectivity index (χ2v) is 17.9. The summed E-state index contributed by atoms with van der Waals surface area (Å²) in [5, 5.41) is 36.1. The van der Waals surface area contributed by atoms with Crippen molar-refractivity contribution in [3.05, 3.63) is 148 Å². The van der Waals surface area contributed by atoms with Crippen molar-refractivity contribution in [1.82, 2.24) is 4.90 Å². The van der Waals surface area contributed by atoms with E-state index in [-0.39, 0.29) is 69.5 Å². The van der Waals surface area contributed by atoms with Crippen LogP contribution in [0.3, 0.4) is 0 Å². The number of ether oxygens (including phenoxy) is 5. The second kappa shape index (κ2) is 23.8. The van der Waals surface area contributed by atoms with Gasteiger partial charge in [-0.05, 0) is 115 Å². The van der Waals surface area contributed by atoms with Crippen molar-refractivity contribution in [2.45, 2.75) is 80.8 Å². The number of fused-ring (bicyclic) bond motifs is 2. The molecular formula is C52H61N3O11S. The van der Waals surface area contributed by atoms with Gasteiger partial charge in [-0.1, -0.05) is 60.5 Å². The zero-order valence-corrected chi connectivity index (χ0v) is 39.0. The highest BCUT2D eigenvalue weighted by Crippen LogP contribution is 2.62. The average molecular weight is 936 g/mol. The minimum atomic E-state index is -1.48. The molecule has 0 aromatic heterocycles. The fourth-order valence-corrected chi connectivity index (χ4v) is 10.1. The molecule has 1 fully saturated rings. The highest BCUT2D eigenvalue weighted by Gasteiger charge is 2.65. The standard InChI is InChI=1S/C52H61N3O11S/c1-4-28-63-52-48(54(2)51(58)62-30-29-61-34-36-12-6-5-7-13-36)33-46(53-64-35-37-16-18-39(19-17-37)55(59)60)44-31-38(14-8-10-26-56)43(15-9-11-27-57)49(50(44)52)45-32-41(22-25-47(45)66-52)65-40-20-23-42(67-3)24-21-40/h4-7,12-13,16-25,31-32,38,43,48-50,56-57H,1,8-11,14-15,26-30,33-35H2,2-3H3. The lowest BCUT2D eigenvalue weighted by molar-refractivity contribution is -0.384. The van der Waals surface area contributed by atoms with Gasteiger partial charge in [0.05, 0.1) is 36.4 Å². The summed E-state index contributed by atoms with van der Waals surface area (Å²) in [5.41, 5.74) is 4.04. The number of nitro benzene ring substituents is 1. The maximum Gasteiger partial charge on any atom is 0.410 e. The van der Waals surface area contributed by atoms with Crippen LogP contribution in [0.2, 0.25) is 0 Å². The van der Waals surface area contributed by atoms with E-state index in [0.717, 1.165) is 47.3 Å². The lowest BCUT2D eigenvalue weighted by Gasteiger charge is -2.59. The van der Waals surface area contributed by atoms with Crippen molar-refractivity contribution in [2.75, 3.05) is 46.3 Å². The van der Waals surface area contributed by atoms with Crippen LogP contribution >= 0.6 is 11.8 Å². The number of allylic oxidation sites excluding steroid dienone is 1. The molecule has 2 N–H and O–H groups in total. The van der Waals surface area contributed by atoms with Gasteiger partial charge in [-0.2, -0.15) is 0 Å². The maximum absolute atomic E-state index is 14.3. The van der Waals surface area contributed by atoms with Crippen LogP contribution in [-0.4, -0.2) is 90.0 Å². The van der Waals surface area contributed by atoms with Crippen molar-refractivity contribution in [2.24, 2.45) is 22.9 Å². The van der Waals surface area contributed by atoms with Crippen LogP contribution in [0, 0.1) is 27.9 Å². The molecule has 3 aliphatic rings. The number of hydrogen-bond acceptors (Lipinski definition) is 13. The topological polar surface area (TPSA) is 172 Å². The second-order valence-electron chi connectivity index (χ2n) is 17.0. The number of thioether (sulfide) groups is 1. The summed E-state index contributed by atoms with van der Waals surface area (Å²) in [6, 6.07) is 28.9. The van der Waals surface area contributed by atoms with E-state index < -0.39 is 28.8 Å². The van der Waals surface area contributed by atoms with Gasteiger partial charge < -0.3 is 43.6 Å². The predicted molar refractivity (Wildman–Crippen MR) is 256 cm³/mol. The first-order chi connectivity index (χ1) is 32.7. The molecule has 67 heavy (non-hydrogen) atoms. The molecule has 6 atom stereocenters. The van der Waals surface area contributed by atoms with E-state index in [1.54, 1.807) is 37.0 Å². The number of benzene rings is 4. The quantitative estimate of drug-likeness (QED) is 0.0224. The number of aliphatic hydroxyl groups excluding tert-OH is 2. The SMILES string of the molecule is C=CCOC12Oc3ccc(Oc4ccc(SC)cc4)cc3C3C(CCCCO)C(CCCCO)C=C(C(=NOCc4ccc([N+](=O)[O-])cc4)CC1N(C)C(=O)OCCOCc1ccccc1)C32. The summed E-state index contributed by atoms with van der Waals surface area (Å²) >= 11 is 1.65. The Labute approximate surface area is 396 Å². The number of rotatable bonds is 24. The molecule has 1 amide bonds. The molecule has 2 aliphatic carbocycles. The Balaban J connectivity index is 1.32. The van der Waals surface area contributed by atoms with Gasteiger partial charge in [0.15, 0.2) is 0 Å². The van der Waals surface area contributed by atoms with E-state index in [4.69, 9.17) is 33.7 Å². The number of unbranched alkanes of at least 4 members (excludes halogenated alkanes) is 2. The van der Waals surface area contributed by atoms with Gasteiger partial charge in [-0.15, -0.1) is 18.3 Å². The number of nitrogens with zero attached hydrogens (tertiary/aromatic N) is 3. The Bertz CT molecular complexity index is 2330. The summed E-state index contributed by atoms with van der Waals surface area (Å²) in [6.45, 7) is 4.84. The highest BCUT2D eigenvalue weighted by molar-refractivity contribution is 7.98. The predicted octanol–water partition coefficient (Wildman–Crippen LogP) is 10.2. The molecule has 0 spiro atoms. The Morgan fingerprint density at radius 1 is 0.940 bits per heavy atom. The number of aliphatic hydroxyl groups is 2. The number of nitro groups is 1. The van der Waals surface area contributed by atoms with E-state index in [0.29, 0.717) is 48.0 Å². The van der Waals surface area contributed by atoms with Crippen molar-refractivity contribution in [3.63, 3.8) is 0 Å². The first kappa shape index (κ1) is 49.2. The summed E-state index contributed by atoms with van der Waals surface area (Å²) in [6.07, 6.45) is 9.88. The van der Waals surface area contributed by atoms with Gasteiger partial charge in [0.25, 0.3) is 5.69 Å². The molecule has 0 saturated heterocycles. The number of amides is 1. The van der Waals surface area contributed by atoms with E-state index >= 15 is 0 Å². The molecular weight excluding hydrogens is 875 g/mol.